The SMILES string of the molecule is C=C(C)C(=O)OC(C)(OC(=O)C(=C)C)n1c(=O)[nH]c(=O)n(CCO)c1=O. The number of aromatic amines is 1. The van der Waals surface area contributed by atoms with E-state index in [0.717, 1.165) is 6.92 Å². The fraction of sp³-hybridized carbons (Fsp3) is 0.400. The molecule has 0 unspecified atom stereocenters. The van der Waals surface area contributed by atoms with Crippen LogP contribution >= 0.6 is 0 Å². The normalized spacial score (nSPS) is 10.9. The van der Waals surface area contributed by atoms with Crippen molar-refractivity contribution < 1.29 is 24.2 Å². The highest BCUT2D eigenvalue weighted by molar-refractivity contribution is 5.88. The molecule has 0 amide bonds. The molecule has 11 heteroatoms. The molecule has 2 N–H and O–H groups in total. The molecule has 142 valence electrons. The number of H-pyrrole nitrogens is 1. The van der Waals surface area contributed by atoms with Crippen LogP contribution in [-0.2, 0) is 31.5 Å². The second-order valence-corrected chi connectivity index (χ2v) is 5.47. The van der Waals surface area contributed by atoms with E-state index < -0.39 is 48.1 Å². The highest BCUT2D eigenvalue weighted by atomic mass is 16.8. The van der Waals surface area contributed by atoms with E-state index in [1.807, 2.05) is 4.98 Å². The van der Waals surface area contributed by atoms with Crippen molar-refractivity contribution in [1.29, 1.82) is 0 Å². The molecule has 0 radical (unpaired) electrons. The maximum atomic E-state index is 12.5. The summed E-state index contributed by atoms with van der Waals surface area (Å²) in [4.78, 5) is 62.1. The fourth-order valence-electron chi connectivity index (χ4n) is 1.80. The zero-order valence-electron chi connectivity index (χ0n) is 14.5. The van der Waals surface area contributed by atoms with Gasteiger partial charge in [-0.1, -0.05) is 13.2 Å². The van der Waals surface area contributed by atoms with Crippen LogP contribution in [0.2, 0.25) is 0 Å². The molecule has 0 aromatic carbocycles. The molecule has 11 nitrogen and oxygen atoms in total. The van der Waals surface area contributed by atoms with Crippen molar-refractivity contribution in [2.75, 3.05) is 6.61 Å². The van der Waals surface area contributed by atoms with E-state index in [9.17, 15) is 24.0 Å². The Labute approximate surface area is 146 Å². The number of aromatic nitrogens is 3. The third-order valence-corrected chi connectivity index (χ3v) is 3.08. The van der Waals surface area contributed by atoms with Crippen molar-refractivity contribution in [2.45, 2.75) is 33.2 Å². The average Bonchev–Trinajstić information content (AvgIpc) is 2.50. The Morgan fingerprint density at radius 3 is 1.92 bits per heavy atom. The Hall–Kier alpha value is -3.21. The number of aliphatic hydroxyl groups is 1. The molecular weight excluding hydrogens is 350 g/mol. The Morgan fingerprint density at radius 1 is 1.08 bits per heavy atom. The molecule has 26 heavy (non-hydrogen) atoms. The zero-order chi connectivity index (χ0) is 20.2. The number of hydrogen-bond donors (Lipinski definition) is 2. The number of nitrogens with zero attached hydrogens (tertiary/aromatic N) is 2. The standard InChI is InChI=1S/C15H19N3O8/c1-8(2)10(20)25-15(5,26-11(21)9(3)4)18-13(23)16-12(22)17(6-7-19)14(18)24/h19H,1,3,6-7H2,2,4-5H3,(H,16,22,23). The first-order chi connectivity index (χ1) is 11.9. The summed E-state index contributed by atoms with van der Waals surface area (Å²) in [5.41, 5.74) is -3.85. The van der Waals surface area contributed by atoms with Gasteiger partial charge < -0.3 is 14.6 Å². The van der Waals surface area contributed by atoms with E-state index in [1.54, 1.807) is 0 Å². The molecule has 0 bridgehead atoms. The lowest BCUT2D eigenvalue weighted by Gasteiger charge is -2.29. The minimum Gasteiger partial charge on any atom is -0.400 e. The highest BCUT2D eigenvalue weighted by Crippen LogP contribution is 2.19. The van der Waals surface area contributed by atoms with Crippen molar-refractivity contribution >= 4 is 11.9 Å². The summed E-state index contributed by atoms with van der Waals surface area (Å²) >= 11 is 0. The van der Waals surface area contributed by atoms with Crippen LogP contribution in [0.1, 0.15) is 20.8 Å². The number of rotatable bonds is 7. The van der Waals surface area contributed by atoms with Gasteiger partial charge in [-0.15, -0.1) is 0 Å². The van der Waals surface area contributed by atoms with E-state index in [-0.39, 0.29) is 15.7 Å². The predicted molar refractivity (Wildman–Crippen MR) is 88.1 cm³/mol. The number of carbonyl (C=O) groups excluding carboxylic acids is 2. The monoisotopic (exact) mass is 369 g/mol. The van der Waals surface area contributed by atoms with Crippen LogP contribution in [0.25, 0.3) is 0 Å². The van der Waals surface area contributed by atoms with Crippen LogP contribution < -0.4 is 17.1 Å². The molecule has 0 spiro atoms. The zero-order valence-corrected chi connectivity index (χ0v) is 14.5. The van der Waals surface area contributed by atoms with Crippen LogP contribution in [0.5, 0.6) is 0 Å². The lowest BCUT2D eigenvalue weighted by molar-refractivity contribution is -0.257. The van der Waals surface area contributed by atoms with Gasteiger partial charge in [-0.25, -0.2) is 28.5 Å². The second-order valence-electron chi connectivity index (χ2n) is 5.47. The lowest BCUT2D eigenvalue weighted by Crippen LogP contribution is -2.58. The maximum Gasteiger partial charge on any atom is 0.351 e. The van der Waals surface area contributed by atoms with Crippen LogP contribution in [0, 0.1) is 0 Å². The highest BCUT2D eigenvalue weighted by Gasteiger charge is 2.40. The molecule has 1 aromatic heterocycles. The first-order valence-electron chi connectivity index (χ1n) is 7.29. The largest absolute Gasteiger partial charge is 0.400 e. The van der Waals surface area contributed by atoms with E-state index in [4.69, 9.17) is 14.6 Å². The maximum absolute atomic E-state index is 12.5. The third-order valence-electron chi connectivity index (χ3n) is 3.08. The van der Waals surface area contributed by atoms with Gasteiger partial charge in [0.2, 0.25) is 0 Å². The van der Waals surface area contributed by atoms with E-state index >= 15 is 0 Å². The summed E-state index contributed by atoms with van der Waals surface area (Å²) in [5, 5.41) is 8.97. The van der Waals surface area contributed by atoms with E-state index in [0.29, 0.717) is 4.57 Å². The summed E-state index contributed by atoms with van der Waals surface area (Å²) in [6.07, 6.45) is 0. The van der Waals surface area contributed by atoms with Gasteiger partial charge >= 0.3 is 34.9 Å². The Balaban J connectivity index is 3.72. The number of hydrogen-bond acceptors (Lipinski definition) is 8. The molecule has 0 atom stereocenters. The van der Waals surface area contributed by atoms with Gasteiger partial charge in [-0.3, -0.25) is 4.98 Å². The summed E-state index contributed by atoms with van der Waals surface area (Å²) in [5.74, 6) is -4.66. The van der Waals surface area contributed by atoms with Gasteiger partial charge in [0.1, 0.15) is 0 Å². The van der Waals surface area contributed by atoms with Crippen molar-refractivity contribution in [3.05, 3.63) is 55.8 Å². The van der Waals surface area contributed by atoms with Gasteiger partial charge in [-0.2, -0.15) is 4.57 Å². The quantitative estimate of drug-likeness (QED) is 0.337. The van der Waals surface area contributed by atoms with Crippen LogP contribution in [-0.4, -0.2) is 37.8 Å². The molecule has 0 aliphatic carbocycles. The van der Waals surface area contributed by atoms with E-state index in [1.165, 1.54) is 13.8 Å². The van der Waals surface area contributed by atoms with Crippen LogP contribution in [0.15, 0.2) is 38.7 Å². The van der Waals surface area contributed by atoms with Crippen molar-refractivity contribution in [1.82, 2.24) is 14.1 Å². The van der Waals surface area contributed by atoms with Gasteiger partial charge in [0, 0.05) is 18.1 Å². The number of nitrogens with one attached hydrogen (secondary N) is 1. The van der Waals surface area contributed by atoms with Crippen molar-refractivity contribution in [3.8, 4) is 0 Å². The predicted octanol–water partition coefficient (Wildman–Crippen LogP) is -1.44. The van der Waals surface area contributed by atoms with Gasteiger partial charge in [-0.05, 0) is 13.8 Å². The summed E-state index contributed by atoms with van der Waals surface area (Å²) in [7, 11) is 0. The second kappa shape index (κ2) is 7.78. The molecule has 0 fully saturated rings. The molecule has 0 aliphatic rings. The number of aliphatic hydroxyl groups excluding tert-OH is 1. The summed E-state index contributed by atoms with van der Waals surface area (Å²) in [6, 6.07) is 0. The first-order valence-corrected chi connectivity index (χ1v) is 7.29. The fourth-order valence-corrected chi connectivity index (χ4v) is 1.80. The topological polar surface area (TPSA) is 150 Å². The molecular formula is C15H19N3O8. The first kappa shape index (κ1) is 20.8. The summed E-state index contributed by atoms with van der Waals surface area (Å²) in [6.45, 7) is 9.23. The molecule has 0 saturated carbocycles. The van der Waals surface area contributed by atoms with Gasteiger partial charge in [0.15, 0.2) is 0 Å². The molecule has 0 saturated heterocycles. The number of ether oxygens (including phenoxy) is 2. The average molecular weight is 369 g/mol. The van der Waals surface area contributed by atoms with Gasteiger partial charge in [0.05, 0.1) is 13.2 Å². The van der Waals surface area contributed by atoms with Crippen LogP contribution in [0.4, 0.5) is 0 Å². The lowest BCUT2D eigenvalue weighted by atomic mass is 10.3. The Morgan fingerprint density at radius 2 is 1.54 bits per heavy atom. The molecule has 1 heterocycles. The summed E-state index contributed by atoms with van der Waals surface area (Å²) < 4.78 is 10.7. The molecule has 0 aliphatic heterocycles. The van der Waals surface area contributed by atoms with Crippen LogP contribution in [0.3, 0.4) is 0 Å². The number of esters is 2. The number of carbonyl (C=O) groups is 2. The van der Waals surface area contributed by atoms with E-state index in [2.05, 4.69) is 13.2 Å². The smallest absolute Gasteiger partial charge is 0.351 e. The van der Waals surface area contributed by atoms with Gasteiger partial charge in [0.25, 0.3) is 0 Å². The minimum atomic E-state index is -2.54. The molecule has 1 aromatic rings. The minimum absolute atomic E-state index is 0.101. The van der Waals surface area contributed by atoms with Crippen molar-refractivity contribution in [2.24, 2.45) is 0 Å². The van der Waals surface area contributed by atoms with Crippen molar-refractivity contribution in [3.63, 3.8) is 0 Å². The Bertz CT molecular complexity index is 905. The molecule has 1 rings (SSSR count). The Kier molecular flexibility index (Phi) is 6.24. The third kappa shape index (κ3) is 4.25.